The maximum atomic E-state index is 4.58. The Morgan fingerprint density at radius 1 is 1.19 bits per heavy atom. The van der Waals surface area contributed by atoms with Gasteiger partial charge in [-0.25, -0.2) is 4.98 Å². The molecule has 0 saturated heterocycles. The van der Waals surface area contributed by atoms with Gasteiger partial charge in [0, 0.05) is 24.5 Å². The number of H-pyrrole nitrogens is 1. The normalized spacial score (nSPS) is 11.4. The van der Waals surface area contributed by atoms with Crippen molar-refractivity contribution in [3.8, 4) is 0 Å². The number of aryl methyl sites for hydroxylation is 1. The predicted molar refractivity (Wildman–Crippen MR) is 86.2 cm³/mol. The molecule has 0 fully saturated rings. The van der Waals surface area contributed by atoms with E-state index in [1.54, 1.807) is 0 Å². The fourth-order valence-corrected chi connectivity index (χ4v) is 2.94. The summed E-state index contributed by atoms with van der Waals surface area (Å²) in [7, 11) is 0. The van der Waals surface area contributed by atoms with Crippen molar-refractivity contribution < 1.29 is 0 Å². The van der Waals surface area contributed by atoms with Crippen molar-refractivity contribution in [1.82, 2.24) is 19.9 Å². The molecule has 2 heterocycles. The smallest absolute Gasteiger partial charge is 0.121 e. The fraction of sp³-hybridized carbons (Fsp3) is 0.353. The molecule has 0 spiro atoms. The number of aromatic amines is 1. The summed E-state index contributed by atoms with van der Waals surface area (Å²) in [5.74, 6) is 0.987. The summed E-state index contributed by atoms with van der Waals surface area (Å²) in [6.45, 7) is 9.20. The number of hydrogen-bond donors (Lipinski definition) is 2. The average Bonchev–Trinajstić information content (AvgIpc) is 3.00. The second kappa shape index (κ2) is 5.74. The largest absolute Gasteiger partial charge is 0.349 e. The molecule has 0 amide bonds. The maximum absolute atomic E-state index is 4.58. The summed E-state index contributed by atoms with van der Waals surface area (Å²) in [5.41, 5.74) is 6.17. The Hall–Kier alpha value is -2.07. The molecule has 0 unspecified atom stereocenters. The van der Waals surface area contributed by atoms with Gasteiger partial charge in [0.2, 0.25) is 0 Å². The van der Waals surface area contributed by atoms with Crippen molar-refractivity contribution in [2.24, 2.45) is 0 Å². The van der Waals surface area contributed by atoms with Crippen molar-refractivity contribution in [2.75, 3.05) is 0 Å². The van der Waals surface area contributed by atoms with Crippen molar-refractivity contribution in [3.63, 3.8) is 0 Å². The van der Waals surface area contributed by atoms with Gasteiger partial charge in [0.1, 0.15) is 5.82 Å². The lowest BCUT2D eigenvalue weighted by Gasteiger charge is -2.06. The number of nitrogens with zero attached hydrogens (tertiary/aromatic N) is 2. The highest BCUT2D eigenvalue weighted by Crippen LogP contribution is 2.15. The first-order chi connectivity index (χ1) is 10.2. The Balaban J connectivity index is 1.66. The maximum Gasteiger partial charge on any atom is 0.121 e. The number of para-hydroxylation sites is 2. The Morgan fingerprint density at radius 2 is 2.00 bits per heavy atom. The van der Waals surface area contributed by atoms with Crippen molar-refractivity contribution >= 4 is 11.0 Å². The molecule has 1 aromatic carbocycles. The van der Waals surface area contributed by atoms with Crippen LogP contribution in [0.25, 0.3) is 11.0 Å². The second-order valence-corrected chi connectivity index (χ2v) is 5.44. The standard InChI is InChI=1S/C17H22N4/c1-4-21-12(2)9-14(13(21)3)10-18-11-17-19-15-7-5-6-8-16(15)20-17/h5-9,18H,4,10-11H2,1-3H3,(H,19,20). The number of aromatic nitrogens is 3. The van der Waals surface area contributed by atoms with E-state index in [1.165, 1.54) is 17.0 Å². The van der Waals surface area contributed by atoms with Crippen LogP contribution in [0.15, 0.2) is 30.3 Å². The molecule has 4 heteroatoms. The number of nitrogens with one attached hydrogen (secondary N) is 2. The van der Waals surface area contributed by atoms with Crippen molar-refractivity contribution in [2.45, 2.75) is 40.4 Å². The zero-order valence-electron chi connectivity index (χ0n) is 12.9. The topological polar surface area (TPSA) is 45.6 Å². The second-order valence-electron chi connectivity index (χ2n) is 5.44. The van der Waals surface area contributed by atoms with Gasteiger partial charge in [-0.1, -0.05) is 12.1 Å². The molecule has 3 aromatic rings. The molecule has 2 N–H and O–H groups in total. The fourth-order valence-electron chi connectivity index (χ4n) is 2.94. The highest BCUT2D eigenvalue weighted by Gasteiger charge is 2.07. The highest BCUT2D eigenvalue weighted by molar-refractivity contribution is 5.74. The lowest BCUT2D eigenvalue weighted by atomic mass is 10.2. The zero-order chi connectivity index (χ0) is 14.8. The molecule has 2 aromatic heterocycles. The molecule has 0 radical (unpaired) electrons. The summed E-state index contributed by atoms with van der Waals surface area (Å²) >= 11 is 0. The van der Waals surface area contributed by atoms with Crippen molar-refractivity contribution in [3.05, 3.63) is 53.1 Å². The van der Waals surface area contributed by atoms with Gasteiger partial charge >= 0.3 is 0 Å². The Kier molecular flexibility index (Phi) is 3.80. The first kappa shape index (κ1) is 13.9. The van der Waals surface area contributed by atoms with Crippen LogP contribution in [0.4, 0.5) is 0 Å². The van der Waals surface area contributed by atoms with Gasteiger partial charge in [-0.05, 0) is 44.5 Å². The van der Waals surface area contributed by atoms with Crippen LogP contribution < -0.4 is 5.32 Å². The van der Waals surface area contributed by atoms with E-state index in [1.807, 2.05) is 18.2 Å². The number of imidazole rings is 1. The van der Waals surface area contributed by atoms with E-state index in [2.05, 4.69) is 52.8 Å². The molecule has 4 nitrogen and oxygen atoms in total. The molecular weight excluding hydrogens is 260 g/mol. The highest BCUT2D eigenvalue weighted by atomic mass is 15.0. The predicted octanol–water partition coefficient (Wildman–Crippen LogP) is 3.29. The van der Waals surface area contributed by atoms with E-state index in [4.69, 9.17) is 0 Å². The SMILES string of the molecule is CCn1c(C)cc(CNCc2nc3ccccc3[nH]2)c1C. The van der Waals surface area contributed by atoms with Crippen LogP contribution in [-0.2, 0) is 19.6 Å². The Labute approximate surface area is 125 Å². The van der Waals surface area contributed by atoms with Gasteiger partial charge in [0.25, 0.3) is 0 Å². The van der Waals surface area contributed by atoms with Gasteiger partial charge in [-0.2, -0.15) is 0 Å². The number of hydrogen-bond acceptors (Lipinski definition) is 2. The zero-order valence-corrected chi connectivity index (χ0v) is 12.9. The molecule has 110 valence electrons. The molecule has 0 aliphatic carbocycles. The van der Waals surface area contributed by atoms with E-state index in [9.17, 15) is 0 Å². The molecule has 0 saturated carbocycles. The average molecular weight is 282 g/mol. The quantitative estimate of drug-likeness (QED) is 0.754. The van der Waals surface area contributed by atoms with Crippen LogP contribution in [0.3, 0.4) is 0 Å². The minimum Gasteiger partial charge on any atom is -0.349 e. The molecule has 0 aliphatic rings. The number of fused-ring (bicyclic) bond motifs is 1. The van der Waals surface area contributed by atoms with Crippen LogP contribution >= 0.6 is 0 Å². The van der Waals surface area contributed by atoms with Gasteiger partial charge in [0.05, 0.1) is 17.6 Å². The minimum absolute atomic E-state index is 0.754. The van der Waals surface area contributed by atoms with Crippen LogP contribution in [0.5, 0.6) is 0 Å². The third-order valence-corrected chi connectivity index (χ3v) is 4.04. The third-order valence-electron chi connectivity index (χ3n) is 4.04. The first-order valence-electron chi connectivity index (χ1n) is 7.49. The van der Waals surface area contributed by atoms with Crippen molar-refractivity contribution in [1.29, 1.82) is 0 Å². The molecule has 21 heavy (non-hydrogen) atoms. The summed E-state index contributed by atoms with van der Waals surface area (Å²) < 4.78 is 2.35. The van der Waals surface area contributed by atoms with Crippen LogP contribution in [0.1, 0.15) is 29.7 Å². The van der Waals surface area contributed by atoms with Gasteiger partial charge in [-0.15, -0.1) is 0 Å². The van der Waals surface area contributed by atoms with Gasteiger partial charge < -0.3 is 14.9 Å². The summed E-state index contributed by atoms with van der Waals surface area (Å²) in [6, 6.07) is 10.4. The lowest BCUT2D eigenvalue weighted by molar-refractivity contribution is 0.659. The van der Waals surface area contributed by atoms with Gasteiger partial charge in [0.15, 0.2) is 0 Å². The summed E-state index contributed by atoms with van der Waals surface area (Å²) in [5, 5.41) is 3.48. The summed E-state index contributed by atoms with van der Waals surface area (Å²) in [6.07, 6.45) is 0. The van der Waals surface area contributed by atoms with E-state index in [0.717, 1.165) is 36.5 Å². The van der Waals surface area contributed by atoms with Crippen LogP contribution in [0, 0.1) is 13.8 Å². The lowest BCUT2D eigenvalue weighted by Crippen LogP contribution is -2.14. The van der Waals surface area contributed by atoms with E-state index < -0.39 is 0 Å². The number of benzene rings is 1. The van der Waals surface area contributed by atoms with Crippen LogP contribution in [0.2, 0.25) is 0 Å². The van der Waals surface area contributed by atoms with E-state index in [0.29, 0.717) is 0 Å². The van der Waals surface area contributed by atoms with E-state index in [-0.39, 0.29) is 0 Å². The summed E-state index contributed by atoms with van der Waals surface area (Å²) in [4.78, 5) is 7.93. The monoisotopic (exact) mass is 282 g/mol. The Morgan fingerprint density at radius 3 is 2.71 bits per heavy atom. The molecule has 0 aliphatic heterocycles. The molecule has 3 rings (SSSR count). The molecule has 0 atom stereocenters. The third kappa shape index (κ3) is 2.72. The van der Waals surface area contributed by atoms with Crippen LogP contribution in [-0.4, -0.2) is 14.5 Å². The molecular formula is C17H22N4. The van der Waals surface area contributed by atoms with Gasteiger partial charge in [-0.3, -0.25) is 0 Å². The first-order valence-corrected chi connectivity index (χ1v) is 7.49. The Bertz CT molecular complexity index is 718. The van der Waals surface area contributed by atoms with E-state index >= 15 is 0 Å². The molecule has 0 bridgehead atoms. The number of rotatable bonds is 5. The minimum atomic E-state index is 0.754.